The fourth-order valence-corrected chi connectivity index (χ4v) is 3.39. The summed E-state index contributed by atoms with van der Waals surface area (Å²) in [7, 11) is 0. The largest absolute Gasteiger partial charge is 0.370 e. The number of aryl methyl sites for hydroxylation is 1. The number of rotatable bonds is 4. The number of aromatic nitrogens is 2. The van der Waals surface area contributed by atoms with Crippen LogP contribution in [-0.2, 0) is 6.54 Å². The summed E-state index contributed by atoms with van der Waals surface area (Å²) < 4.78 is 1.98. The molecule has 1 aromatic heterocycles. The molecule has 1 heterocycles. The van der Waals surface area contributed by atoms with Crippen LogP contribution in [0.1, 0.15) is 49.1 Å². The molecule has 1 fully saturated rings. The zero-order valence-electron chi connectivity index (χ0n) is 14.6. The summed E-state index contributed by atoms with van der Waals surface area (Å²) in [5.41, 5.74) is 10.4. The number of para-hydroxylation sites is 1. The molecule has 0 spiro atoms. The van der Waals surface area contributed by atoms with Crippen LogP contribution in [0.15, 0.2) is 35.3 Å². The van der Waals surface area contributed by atoms with E-state index in [2.05, 4.69) is 34.5 Å². The van der Waals surface area contributed by atoms with Crippen LogP contribution in [0, 0.1) is 13.8 Å². The van der Waals surface area contributed by atoms with Gasteiger partial charge in [-0.1, -0.05) is 37.5 Å². The van der Waals surface area contributed by atoms with Gasteiger partial charge in [-0.2, -0.15) is 5.10 Å². The van der Waals surface area contributed by atoms with E-state index in [1.54, 1.807) is 0 Å². The molecular formula is C19H27N5. The summed E-state index contributed by atoms with van der Waals surface area (Å²) in [6.45, 7) is 4.68. The van der Waals surface area contributed by atoms with Crippen molar-refractivity contribution in [2.75, 3.05) is 0 Å². The van der Waals surface area contributed by atoms with Crippen LogP contribution in [0.25, 0.3) is 5.69 Å². The number of nitrogens with two attached hydrogens (primary N) is 1. The van der Waals surface area contributed by atoms with Crippen molar-refractivity contribution < 1.29 is 0 Å². The molecule has 0 saturated heterocycles. The van der Waals surface area contributed by atoms with Gasteiger partial charge in [0.05, 0.1) is 17.9 Å². The summed E-state index contributed by atoms with van der Waals surface area (Å²) >= 11 is 0. The highest BCUT2D eigenvalue weighted by atomic mass is 15.3. The number of aliphatic imine (C=N–C) groups is 1. The molecule has 3 N–H and O–H groups in total. The maximum absolute atomic E-state index is 6.08. The number of guanidine groups is 1. The first kappa shape index (κ1) is 16.6. The van der Waals surface area contributed by atoms with E-state index in [-0.39, 0.29) is 0 Å². The summed E-state index contributed by atoms with van der Waals surface area (Å²) in [5.74, 6) is 0.549. The van der Waals surface area contributed by atoms with Crippen molar-refractivity contribution in [2.24, 2.45) is 10.7 Å². The van der Waals surface area contributed by atoms with Crippen molar-refractivity contribution >= 4 is 5.96 Å². The molecule has 1 saturated carbocycles. The Labute approximate surface area is 144 Å². The maximum Gasteiger partial charge on any atom is 0.189 e. The van der Waals surface area contributed by atoms with E-state index in [0.29, 0.717) is 18.5 Å². The topological polar surface area (TPSA) is 68.2 Å². The van der Waals surface area contributed by atoms with E-state index in [9.17, 15) is 0 Å². The van der Waals surface area contributed by atoms with Crippen molar-refractivity contribution in [3.8, 4) is 5.69 Å². The van der Waals surface area contributed by atoms with E-state index < -0.39 is 0 Å². The number of hydrogen-bond donors (Lipinski definition) is 2. The van der Waals surface area contributed by atoms with Gasteiger partial charge >= 0.3 is 0 Å². The van der Waals surface area contributed by atoms with Crippen LogP contribution >= 0.6 is 0 Å². The van der Waals surface area contributed by atoms with Crippen LogP contribution < -0.4 is 11.1 Å². The molecule has 0 atom stereocenters. The first-order chi connectivity index (χ1) is 11.6. The van der Waals surface area contributed by atoms with Gasteiger partial charge in [0, 0.05) is 17.3 Å². The summed E-state index contributed by atoms with van der Waals surface area (Å²) in [5, 5.41) is 8.03. The standard InChI is InChI=1S/C19H27N5/c1-14-18(13-21-19(20)22-16-9-5-3-6-10-16)15(2)24(23-14)17-11-7-4-8-12-17/h4,7-8,11-12,16H,3,5-6,9-10,13H2,1-2H3,(H3,20,21,22). The third-order valence-electron chi connectivity index (χ3n) is 4.81. The number of hydrogen-bond acceptors (Lipinski definition) is 2. The Morgan fingerprint density at radius 1 is 1.21 bits per heavy atom. The summed E-state index contributed by atoms with van der Waals surface area (Å²) in [4.78, 5) is 4.55. The Morgan fingerprint density at radius 3 is 2.62 bits per heavy atom. The number of nitrogens with one attached hydrogen (secondary N) is 1. The highest BCUT2D eigenvalue weighted by Gasteiger charge is 2.15. The summed E-state index contributed by atoms with van der Waals surface area (Å²) in [6, 6.07) is 10.7. The van der Waals surface area contributed by atoms with Crippen molar-refractivity contribution in [2.45, 2.75) is 58.5 Å². The highest BCUT2D eigenvalue weighted by Crippen LogP contribution is 2.19. The zero-order valence-corrected chi connectivity index (χ0v) is 14.6. The van der Waals surface area contributed by atoms with Gasteiger partial charge in [-0.3, -0.25) is 0 Å². The molecule has 0 bridgehead atoms. The van der Waals surface area contributed by atoms with Gasteiger partial charge in [0.1, 0.15) is 0 Å². The molecule has 0 aliphatic heterocycles. The summed E-state index contributed by atoms with van der Waals surface area (Å²) in [6.07, 6.45) is 6.30. The maximum atomic E-state index is 6.08. The monoisotopic (exact) mass is 325 g/mol. The van der Waals surface area contributed by atoms with Gasteiger partial charge in [-0.05, 0) is 38.8 Å². The Kier molecular flexibility index (Phi) is 5.18. The number of benzene rings is 1. The van der Waals surface area contributed by atoms with E-state index in [4.69, 9.17) is 5.73 Å². The van der Waals surface area contributed by atoms with Crippen molar-refractivity contribution in [3.63, 3.8) is 0 Å². The fraction of sp³-hybridized carbons (Fsp3) is 0.474. The van der Waals surface area contributed by atoms with E-state index in [0.717, 1.165) is 22.6 Å². The quantitative estimate of drug-likeness (QED) is 0.670. The molecule has 24 heavy (non-hydrogen) atoms. The van der Waals surface area contributed by atoms with Crippen molar-refractivity contribution in [1.82, 2.24) is 15.1 Å². The molecule has 2 aromatic rings. The van der Waals surface area contributed by atoms with Gasteiger partial charge in [-0.25, -0.2) is 9.67 Å². The molecular weight excluding hydrogens is 298 g/mol. The molecule has 0 unspecified atom stereocenters. The predicted octanol–water partition coefficient (Wildman–Crippen LogP) is 3.23. The molecule has 1 aromatic carbocycles. The molecule has 1 aliphatic rings. The second-order valence-electron chi connectivity index (χ2n) is 6.58. The first-order valence-electron chi connectivity index (χ1n) is 8.82. The smallest absolute Gasteiger partial charge is 0.189 e. The minimum atomic E-state index is 0.483. The average Bonchev–Trinajstić information content (AvgIpc) is 2.89. The minimum absolute atomic E-state index is 0.483. The van der Waals surface area contributed by atoms with Gasteiger partial charge in [0.25, 0.3) is 0 Å². The highest BCUT2D eigenvalue weighted by molar-refractivity contribution is 5.78. The van der Waals surface area contributed by atoms with Gasteiger partial charge in [0.2, 0.25) is 0 Å². The Hall–Kier alpha value is -2.30. The third-order valence-corrected chi connectivity index (χ3v) is 4.81. The second-order valence-corrected chi connectivity index (χ2v) is 6.58. The molecule has 0 amide bonds. The number of nitrogens with zero attached hydrogens (tertiary/aromatic N) is 3. The van der Waals surface area contributed by atoms with Crippen LogP contribution in [0.5, 0.6) is 0 Å². The molecule has 5 nitrogen and oxygen atoms in total. The molecule has 128 valence electrons. The van der Waals surface area contributed by atoms with Gasteiger partial charge < -0.3 is 11.1 Å². The Morgan fingerprint density at radius 2 is 1.92 bits per heavy atom. The zero-order chi connectivity index (χ0) is 16.9. The van der Waals surface area contributed by atoms with Crippen LogP contribution in [0.4, 0.5) is 0 Å². The third kappa shape index (κ3) is 3.78. The van der Waals surface area contributed by atoms with E-state index >= 15 is 0 Å². The first-order valence-corrected chi connectivity index (χ1v) is 8.82. The molecule has 3 rings (SSSR count). The molecule has 0 radical (unpaired) electrons. The lowest BCUT2D eigenvalue weighted by Crippen LogP contribution is -2.41. The van der Waals surface area contributed by atoms with Crippen LogP contribution in [0.2, 0.25) is 0 Å². The Bertz CT molecular complexity index is 696. The van der Waals surface area contributed by atoms with Crippen molar-refractivity contribution in [1.29, 1.82) is 0 Å². The van der Waals surface area contributed by atoms with E-state index in [1.165, 1.54) is 32.1 Å². The Balaban J connectivity index is 1.71. The normalized spacial score (nSPS) is 16.3. The van der Waals surface area contributed by atoms with Gasteiger partial charge in [-0.15, -0.1) is 0 Å². The second kappa shape index (κ2) is 7.51. The lowest BCUT2D eigenvalue weighted by atomic mass is 9.96. The lowest BCUT2D eigenvalue weighted by Gasteiger charge is -2.23. The lowest BCUT2D eigenvalue weighted by molar-refractivity contribution is 0.412. The molecule has 1 aliphatic carbocycles. The fourth-order valence-electron chi connectivity index (χ4n) is 3.39. The van der Waals surface area contributed by atoms with Crippen molar-refractivity contribution in [3.05, 3.63) is 47.3 Å². The average molecular weight is 325 g/mol. The van der Waals surface area contributed by atoms with Crippen LogP contribution in [0.3, 0.4) is 0 Å². The van der Waals surface area contributed by atoms with Crippen LogP contribution in [-0.4, -0.2) is 21.8 Å². The molecule has 5 heteroatoms. The van der Waals surface area contributed by atoms with E-state index in [1.807, 2.05) is 29.8 Å². The minimum Gasteiger partial charge on any atom is -0.370 e. The predicted molar refractivity (Wildman–Crippen MR) is 98.4 cm³/mol. The van der Waals surface area contributed by atoms with Gasteiger partial charge in [0.15, 0.2) is 5.96 Å². The SMILES string of the molecule is Cc1nn(-c2ccccc2)c(C)c1CN=C(N)NC1CCCCC1.